The Morgan fingerprint density at radius 3 is 2.70 bits per heavy atom. The molecular weight excluding hydrogens is 378 g/mol. The van der Waals surface area contributed by atoms with E-state index in [-0.39, 0.29) is 18.7 Å². The molecule has 1 saturated heterocycles. The van der Waals surface area contributed by atoms with Crippen molar-refractivity contribution in [3.63, 3.8) is 0 Å². The minimum atomic E-state index is -0.848. The summed E-state index contributed by atoms with van der Waals surface area (Å²) in [4.78, 5) is 26.0. The summed E-state index contributed by atoms with van der Waals surface area (Å²) in [6.45, 7) is 1.79. The van der Waals surface area contributed by atoms with Crippen LogP contribution in [-0.2, 0) is 9.59 Å². The third-order valence-corrected chi connectivity index (χ3v) is 4.84. The number of benzene rings is 2. The van der Waals surface area contributed by atoms with Crippen molar-refractivity contribution in [1.82, 2.24) is 0 Å². The van der Waals surface area contributed by atoms with E-state index in [1.807, 2.05) is 0 Å². The molecule has 142 valence electrons. The van der Waals surface area contributed by atoms with Crippen LogP contribution in [0, 0.1) is 24.5 Å². The summed E-state index contributed by atoms with van der Waals surface area (Å²) in [5.41, 5.74) is 1.14. The number of hydrogen-bond acceptors (Lipinski definition) is 3. The Kier molecular flexibility index (Phi) is 5.32. The summed E-state index contributed by atoms with van der Waals surface area (Å²) >= 11 is 6.05. The SMILES string of the molecule is COc1cc(Cl)c(C)cc1NC(=O)C1CC(=O)N(c2ccc(F)cc2F)C1. The number of aryl methyl sites for hydroxylation is 1. The topological polar surface area (TPSA) is 58.6 Å². The summed E-state index contributed by atoms with van der Waals surface area (Å²) in [5.74, 6) is -2.66. The maximum atomic E-state index is 14.0. The van der Waals surface area contributed by atoms with Gasteiger partial charge in [-0.3, -0.25) is 9.59 Å². The average molecular weight is 395 g/mol. The highest BCUT2D eigenvalue weighted by Crippen LogP contribution is 2.33. The van der Waals surface area contributed by atoms with Crippen molar-refractivity contribution in [2.45, 2.75) is 13.3 Å². The van der Waals surface area contributed by atoms with E-state index in [4.69, 9.17) is 16.3 Å². The molecule has 27 heavy (non-hydrogen) atoms. The molecule has 0 bridgehead atoms. The molecule has 0 saturated carbocycles. The molecule has 1 fully saturated rings. The van der Waals surface area contributed by atoms with Gasteiger partial charge < -0.3 is 15.0 Å². The second-order valence-electron chi connectivity index (χ2n) is 6.29. The zero-order valence-corrected chi connectivity index (χ0v) is 15.4. The molecule has 1 aliphatic heterocycles. The Balaban J connectivity index is 1.77. The maximum Gasteiger partial charge on any atom is 0.229 e. The molecule has 1 atom stereocenters. The highest BCUT2D eigenvalue weighted by atomic mass is 35.5. The van der Waals surface area contributed by atoms with Crippen LogP contribution in [0.4, 0.5) is 20.2 Å². The monoisotopic (exact) mass is 394 g/mol. The number of hydrogen-bond donors (Lipinski definition) is 1. The third-order valence-electron chi connectivity index (χ3n) is 4.43. The number of methoxy groups -OCH3 is 1. The second-order valence-corrected chi connectivity index (χ2v) is 6.70. The Morgan fingerprint density at radius 2 is 2.04 bits per heavy atom. The Hall–Kier alpha value is -2.67. The van der Waals surface area contributed by atoms with Crippen LogP contribution < -0.4 is 15.0 Å². The lowest BCUT2D eigenvalue weighted by Gasteiger charge is -2.18. The molecule has 0 radical (unpaired) electrons. The van der Waals surface area contributed by atoms with Gasteiger partial charge in [-0.1, -0.05) is 11.6 Å². The normalized spacial score (nSPS) is 16.6. The van der Waals surface area contributed by atoms with E-state index in [0.717, 1.165) is 16.5 Å². The predicted octanol–water partition coefficient (Wildman–Crippen LogP) is 3.93. The van der Waals surface area contributed by atoms with E-state index in [1.54, 1.807) is 19.1 Å². The molecular formula is C19H17ClF2N2O3. The van der Waals surface area contributed by atoms with Crippen molar-refractivity contribution >= 4 is 34.8 Å². The molecule has 3 rings (SSSR count). The van der Waals surface area contributed by atoms with Gasteiger partial charge in [0.05, 0.1) is 24.4 Å². The number of nitrogens with zero attached hydrogens (tertiary/aromatic N) is 1. The third kappa shape index (κ3) is 3.88. The van der Waals surface area contributed by atoms with E-state index in [1.165, 1.54) is 13.2 Å². The van der Waals surface area contributed by atoms with Crippen LogP contribution in [0.2, 0.25) is 5.02 Å². The van der Waals surface area contributed by atoms with Gasteiger partial charge in [-0.25, -0.2) is 8.78 Å². The number of halogens is 3. The minimum absolute atomic E-state index is 0.00209. The fraction of sp³-hybridized carbons (Fsp3) is 0.263. The number of amides is 2. The first kappa shape index (κ1) is 19.1. The number of ether oxygens (including phenoxy) is 1. The van der Waals surface area contributed by atoms with Crippen molar-refractivity contribution < 1.29 is 23.1 Å². The lowest BCUT2D eigenvalue weighted by molar-refractivity contribution is -0.122. The first-order valence-corrected chi connectivity index (χ1v) is 8.58. The van der Waals surface area contributed by atoms with Crippen molar-refractivity contribution in [3.8, 4) is 5.75 Å². The second kappa shape index (κ2) is 7.52. The molecule has 0 aromatic heterocycles. The van der Waals surface area contributed by atoms with Crippen LogP contribution in [0.1, 0.15) is 12.0 Å². The molecule has 8 heteroatoms. The number of anilines is 2. The van der Waals surface area contributed by atoms with Crippen LogP contribution in [0.3, 0.4) is 0 Å². The van der Waals surface area contributed by atoms with Crippen LogP contribution in [0.15, 0.2) is 30.3 Å². The highest BCUT2D eigenvalue weighted by Gasteiger charge is 2.36. The van der Waals surface area contributed by atoms with Gasteiger partial charge in [-0.2, -0.15) is 0 Å². The Labute approximate surface area is 159 Å². The van der Waals surface area contributed by atoms with Gasteiger partial charge in [0.15, 0.2) is 0 Å². The number of rotatable bonds is 4. The summed E-state index contributed by atoms with van der Waals surface area (Å²) in [7, 11) is 1.45. The summed E-state index contributed by atoms with van der Waals surface area (Å²) in [6, 6.07) is 6.23. The van der Waals surface area contributed by atoms with Gasteiger partial charge in [-0.05, 0) is 30.7 Å². The fourth-order valence-corrected chi connectivity index (χ4v) is 3.13. The average Bonchev–Trinajstić information content (AvgIpc) is 2.99. The quantitative estimate of drug-likeness (QED) is 0.854. The van der Waals surface area contributed by atoms with Crippen LogP contribution in [0.5, 0.6) is 5.75 Å². The lowest BCUT2D eigenvalue weighted by atomic mass is 10.1. The van der Waals surface area contributed by atoms with Gasteiger partial charge in [0.1, 0.15) is 17.4 Å². The molecule has 2 aromatic rings. The van der Waals surface area contributed by atoms with Gasteiger partial charge in [0, 0.05) is 30.1 Å². The predicted molar refractivity (Wildman–Crippen MR) is 98.2 cm³/mol. The molecule has 2 aromatic carbocycles. The Morgan fingerprint density at radius 1 is 1.30 bits per heavy atom. The molecule has 0 spiro atoms. The number of nitrogens with one attached hydrogen (secondary N) is 1. The minimum Gasteiger partial charge on any atom is -0.495 e. The molecule has 1 unspecified atom stereocenters. The maximum absolute atomic E-state index is 14.0. The van der Waals surface area contributed by atoms with Crippen LogP contribution in [0.25, 0.3) is 0 Å². The van der Waals surface area contributed by atoms with Gasteiger partial charge in [-0.15, -0.1) is 0 Å². The number of carbonyl (C=O) groups excluding carboxylic acids is 2. The van der Waals surface area contributed by atoms with Crippen molar-refractivity contribution in [2.75, 3.05) is 23.9 Å². The molecule has 1 aliphatic rings. The molecule has 5 nitrogen and oxygen atoms in total. The summed E-state index contributed by atoms with van der Waals surface area (Å²) in [5, 5.41) is 3.23. The van der Waals surface area contributed by atoms with E-state index < -0.39 is 29.4 Å². The Bertz CT molecular complexity index is 920. The van der Waals surface area contributed by atoms with Crippen molar-refractivity contribution in [2.24, 2.45) is 5.92 Å². The van der Waals surface area contributed by atoms with Gasteiger partial charge in [0.2, 0.25) is 11.8 Å². The van der Waals surface area contributed by atoms with E-state index in [2.05, 4.69) is 5.32 Å². The van der Waals surface area contributed by atoms with Crippen LogP contribution in [-0.4, -0.2) is 25.5 Å². The zero-order valence-electron chi connectivity index (χ0n) is 14.7. The van der Waals surface area contributed by atoms with Crippen molar-refractivity contribution in [3.05, 3.63) is 52.6 Å². The van der Waals surface area contributed by atoms with Gasteiger partial charge in [0.25, 0.3) is 0 Å². The van der Waals surface area contributed by atoms with Crippen LogP contribution >= 0.6 is 11.6 Å². The smallest absolute Gasteiger partial charge is 0.229 e. The molecule has 1 heterocycles. The highest BCUT2D eigenvalue weighted by molar-refractivity contribution is 6.31. The van der Waals surface area contributed by atoms with Crippen molar-refractivity contribution in [1.29, 1.82) is 0 Å². The summed E-state index contributed by atoms with van der Waals surface area (Å²) in [6.07, 6.45) is -0.0719. The largest absolute Gasteiger partial charge is 0.495 e. The number of carbonyl (C=O) groups is 2. The fourth-order valence-electron chi connectivity index (χ4n) is 2.98. The van der Waals surface area contributed by atoms with Gasteiger partial charge >= 0.3 is 0 Å². The summed E-state index contributed by atoms with van der Waals surface area (Å²) < 4.78 is 32.3. The molecule has 1 N–H and O–H groups in total. The standard InChI is InChI=1S/C19H17ClF2N2O3/c1-10-5-15(17(27-2)8-13(10)20)23-19(26)11-6-18(25)24(9-11)16-4-3-12(21)7-14(16)22/h3-5,7-8,11H,6,9H2,1-2H3,(H,23,26). The first-order valence-electron chi connectivity index (χ1n) is 8.20. The zero-order chi connectivity index (χ0) is 19.7. The lowest BCUT2D eigenvalue weighted by Crippen LogP contribution is -2.28. The van der Waals surface area contributed by atoms with E-state index in [0.29, 0.717) is 22.5 Å². The molecule has 0 aliphatic carbocycles. The molecule has 2 amide bonds. The van der Waals surface area contributed by atoms with E-state index in [9.17, 15) is 18.4 Å². The van der Waals surface area contributed by atoms with E-state index >= 15 is 0 Å². The first-order chi connectivity index (χ1) is 12.8.